The summed E-state index contributed by atoms with van der Waals surface area (Å²) < 4.78 is 2.40. The quantitative estimate of drug-likeness (QED) is 0.156. The van der Waals surface area contributed by atoms with Crippen LogP contribution in [0.15, 0.2) is 242 Å². The summed E-state index contributed by atoms with van der Waals surface area (Å²) in [6, 6.07) is 81.1. The van der Waals surface area contributed by atoms with Crippen LogP contribution < -0.4 is 0 Å². The summed E-state index contributed by atoms with van der Waals surface area (Å²) in [7, 11) is 0. The summed E-state index contributed by atoms with van der Waals surface area (Å²) in [6.07, 6.45) is 7.15. The molecule has 0 fully saturated rings. The highest BCUT2D eigenvalue weighted by molar-refractivity contribution is 8.00. The van der Waals surface area contributed by atoms with Crippen LogP contribution in [-0.4, -0.2) is 9.82 Å². The van der Waals surface area contributed by atoms with Gasteiger partial charge in [0.25, 0.3) is 0 Å². The van der Waals surface area contributed by atoms with Crippen molar-refractivity contribution in [3.8, 4) is 39.1 Å². The number of allylic oxidation sites excluding steroid dienone is 3. The molecule has 0 saturated carbocycles. The minimum atomic E-state index is 0.219. The van der Waals surface area contributed by atoms with Crippen molar-refractivity contribution in [3.05, 3.63) is 248 Å². The summed E-state index contributed by atoms with van der Waals surface area (Å²) >= 11 is 2.02. The fraction of sp³-hybridized carbons (Fsp3) is 0.0312. The van der Waals surface area contributed by atoms with E-state index in [1.165, 1.54) is 126 Å². The normalized spacial score (nSPS) is 15.5. The molecule has 1 aliphatic carbocycles. The first kappa shape index (κ1) is 37.5. The standard InChI is InChI=1S/C64H41NS/c1-3-18-40(19-4-1)60-45-23-7-9-25-47(45)62(48-26-10-8-24-46(48)60)42-34-36-53-59(39-42)66-58-33-17-31-54(64(53)58)63-51-29-13-11-27-49(51)61(50-28-12-14-30-52(50)63)41-35-37-57-55(38-41)44-22-15-16-32-56(44)65(57)43-20-5-2-6-21-43/h1-39,58,64H. The minimum Gasteiger partial charge on any atom is -0.309 e. The second kappa shape index (κ2) is 14.8. The van der Waals surface area contributed by atoms with Gasteiger partial charge in [-0.15, -0.1) is 11.8 Å². The monoisotopic (exact) mass is 855 g/mol. The van der Waals surface area contributed by atoms with Gasteiger partial charge in [0.2, 0.25) is 0 Å². The number of fused-ring (bicyclic) bond motifs is 10. The van der Waals surface area contributed by atoms with Crippen molar-refractivity contribution >= 4 is 82.2 Å². The summed E-state index contributed by atoms with van der Waals surface area (Å²) in [5.74, 6) is 0.219. The highest BCUT2D eigenvalue weighted by Gasteiger charge is 2.38. The molecule has 2 aliphatic rings. The van der Waals surface area contributed by atoms with Gasteiger partial charge in [-0.3, -0.25) is 0 Å². The van der Waals surface area contributed by atoms with Crippen molar-refractivity contribution in [3.63, 3.8) is 0 Å². The molecule has 2 heteroatoms. The molecule has 2 atom stereocenters. The molecule has 0 amide bonds. The van der Waals surface area contributed by atoms with Gasteiger partial charge in [0.15, 0.2) is 0 Å². The fourth-order valence-electron chi connectivity index (χ4n) is 11.6. The summed E-state index contributed by atoms with van der Waals surface area (Å²) in [6.45, 7) is 0. The van der Waals surface area contributed by atoms with Crippen molar-refractivity contribution < 1.29 is 0 Å². The Labute approximate surface area is 387 Å². The molecule has 2 unspecified atom stereocenters. The Balaban J connectivity index is 0.933. The van der Waals surface area contributed by atoms with E-state index in [-0.39, 0.29) is 5.92 Å². The number of hydrogen-bond donors (Lipinski definition) is 0. The molecule has 1 nitrogen and oxygen atoms in total. The van der Waals surface area contributed by atoms with E-state index in [2.05, 4.69) is 241 Å². The van der Waals surface area contributed by atoms with Gasteiger partial charge >= 0.3 is 0 Å². The lowest BCUT2D eigenvalue weighted by molar-refractivity contribution is 0.904. The Morgan fingerprint density at radius 2 is 0.803 bits per heavy atom. The number of thioether (sulfide) groups is 1. The molecule has 11 aromatic carbocycles. The highest BCUT2D eigenvalue weighted by Crippen LogP contribution is 2.57. The average Bonchev–Trinajstić information content (AvgIpc) is 3.93. The van der Waals surface area contributed by atoms with Crippen LogP contribution >= 0.6 is 11.8 Å². The molecule has 0 radical (unpaired) electrons. The Morgan fingerprint density at radius 1 is 0.348 bits per heavy atom. The molecular weight excluding hydrogens is 815 g/mol. The molecule has 14 rings (SSSR count). The molecule has 12 aromatic rings. The van der Waals surface area contributed by atoms with Crippen LogP contribution in [0, 0.1) is 0 Å². The molecule has 308 valence electrons. The predicted octanol–water partition coefficient (Wildman–Crippen LogP) is 17.6. The highest BCUT2D eigenvalue weighted by atomic mass is 32.2. The topological polar surface area (TPSA) is 4.93 Å². The third-order valence-corrected chi connectivity index (χ3v) is 15.6. The molecule has 66 heavy (non-hydrogen) atoms. The molecule has 0 N–H and O–H groups in total. The van der Waals surface area contributed by atoms with Crippen LogP contribution in [0.3, 0.4) is 0 Å². The summed E-state index contributed by atoms with van der Waals surface area (Å²) in [5, 5.41) is 13.1. The van der Waals surface area contributed by atoms with Crippen molar-refractivity contribution in [1.82, 2.24) is 4.57 Å². The van der Waals surface area contributed by atoms with Gasteiger partial charge in [-0.2, -0.15) is 0 Å². The third-order valence-electron chi connectivity index (χ3n) is 14.3. The van der Waals surface area contributed by atoms with E-state index in [1.54, 1.807) is 0 Å². The number of aromatic nitrogens is 1. The van der Waals surface area contributed by atoms with Gasteiger partial charge in [0.1, 0.15) is 0 Å². The molecule has 2 heterocycles. The Morgan fingerprint density at radius 3 is 1.39 bits per heavy atom. The van der Waals surface area contributed by atoms with E-state index in [0.717, 1.165) is 0 Å². The lowest BCUT2D eigenvalue weighted by Crippen LogP contribution is -2.13. The van der Waals surface area contributed by atoms with Crippen molar-refractivity contribution in [2.75, 3.05) is 0 Å². The summed E-state index contributed by atoms with van der Waals surface area (Å²) in [4.78, 5) is 1.37. The van der Waals surface area contributed by atoms with E-state index in [1.807, 2.05) is 11.8 Å². The first-order valence-electron chi connectivity index (χ1n) is 23.0. The smallest absolute Gasteiger partial charge is 0.0541 e. The second-order valence-electron chi connectivity index (χ2n) is 17.8. The Kier molecular flexibility index (Phi) is 8.41. The molecule has 0 saturated heterocycles. The van der Waals surface area contributed by atoms with Gasteiger partial charge in [-0.1, -0.05) is 200 Å². The lowest BCUT2D eigenvalue weighted by Gasteiger charge is -2.27. The molecular formula is C64H41NS. The van der Waals surface area contributed by atoms with E-state index in [0.29, 0.717) is 5.25 Å². The van der Waals surface area contributed by atoms with Crippen LogP contribution in [-0.2, 0) is 0 Å². The van der Waals surface area contributed by atoms with E-state index < -0.39 is 0 Å². The maximum absolute atomic E-state index is 2.49. The number of benzene rings is 11. The number of para-hydroxylation sites is 2. The fourth-order valence-corrected chi connectivity index (χ4v) is 13.1. The number of hydrogen-bond acceptors (Lipinski definition) is 1. The van der Waals surface area contributed by atoms with E-state index in [4.69, 9.17) is 0 Å². The van der Waals surface area contributed by atoms with Crippen molar-refractivity contribution in [1.29, 1.82) is 0 Å². The van der Waals surface area contributed by atoms with E-state index >= 15 is 0 Å². The zero-order valence-corrected chi connectivity index (χ0v) is 36.8. The van der Waals surface area contributed by atoms with Crippen molar-refractivity contribution in [2.24, 2.45) is 0 Å². The predicted molar refractivity (Wildman–Crippen MR) is 283 cm³/mol. The average molecular weight is 856 g/mol. The second-order valence-corrected chi connectivity index (χ2v) is 19.0. The van der Waals surface area contributed by atoms with Crippen LogP contribution in [0.5, 0.6) is 0 Å². The summed E-state index contributed by atoms with van der Waals surface area (Å²) in [5.41, 5.74) is 15.4. The van der Waals surface area contributed by atoms with E-state index in [9.17, 15) is 0 Å². The van der Waals surface area contributed by atoms with Gasteiger partial charge < -0.3 is 4.57 Å². The largest absolute Gasteiger partial charge is 0.309 e. The van der Waals surface area contributed by atoms with Crippen molar-refractivity contribution in [2.45, 2.75) is 16.1 Å². The molecule has 1 aliphatic heterocycles. The van der Waals surface area contributed by atoms with Gasteiger partial charge in [-0.05, 0) is 130 Å². The lowest BCUT2D eigenvalue weighted by atomic mass is 9.77. The molecule has 0 spiro atoms. The maximum atomic E-state index is 2.49. The zero-order chi connectivity index (χ0) is 43.3. The zero-order valence-electron chi connectivity index (χ0n) is 36.0. The Bertz CT molecular complexity index is 3910. The van der Waals surface area contributed by atoms with Crippen LogP contribution in [0.2, 0.25) is 0 Å². The first-order chi connectivity index (χ1) is 32.8. The first-order valence-corrected chi connectivity index (χ1v) is 23.9. The van der Waals surface area contributed by atoms with Crippen LogP contribution in [0.1, 0.15) is 17.0 Å². The minimum absolute atomic E-state index is 0.219. The molecule has 0 bridgehead atoms. The van der Waals surface area contributed by atoms with Gasteiger partial charge in [-0.25, -0.2) is 0 Å². The van der Waals surface area contributed by atoms with Crippen LogP contribution in [0.4, 0.5) is 0 Å². The van der Waals surface area contributed by atoms with Gasteiger partial charge in [0.05, 0.1) is 11.0 Å². The maximum Gasteiger partial charge on any atom is 0.0541 e. The molecule has 1 aromatic heterocycles. The number of nitrogens with zero attached hydrogens (tertiary/aromatic N) is 1. The third kappa shape index (κ3) is 5.55. The SMILES string of the molecule is C1=CC2Sc3cc(-c4c5ccccc5c(-c5ccccc5)c5ccccc45)ccc3C2C(c2c3ccccc3c(-c3ccc4c(c3)c3ccccc3n4-c3ccccc3)c3ccccc23)=C1. The number of rotatable bonds is 5. The van der Waals surface area contributed by atoms with Gasteiger partial charge in [0, 0.05) is 32.5 Å². The Hall–Kier alpha value is -7.91. The van der Waals surface area contributed by atoms with Crippen LogP contribution in [0.25, 0.3) is 110 Å².